The summed E-state index contributed by atoms with van der Waals surface area (Å²) in [5.74, 6) is 0.851. The van der Waals surface area contributed by atoms with Crippen LogP contribution in [0.1, 0.15) is 63.5 Å². The monoisotopic (exact) mass is 533 g/mol. The van der Waals surface area contributed by atoms with Gasteiger partial charge in [-0.3, -0.25) is 9.69 Å². The van der Waals surface area contributed by atoms with Crippen molar-refractivity contribution >= 4 is 40.3 Å². The van der Waals surface area contributed by atoms with Crippen molar-refractivity contribution in [2.24, 2.45) is 0 Å². The molecule has 2 heterocycles. The highest BCUT2D eigenvalue weighted by atomic mass is 32.2. The molecule has 0 spiro atoms. The first-order chi connectivity index (χ1) is 18.0. The van der Waals surface area contributed by atoms with Gasteiger partial charge in [-0.05, 0) is 61.7 Å². The van der Waals surface area contributed by atoms with E-state index in [1.54, 1.807) is 4.90 Å². The maximum absolute atomic E-state index is 13.3. The summed E-state index contributed by atoms with van der Waals surface area (Å²) >= 11 is 6.95. The highest BCUT2D eigenvalue weighted by molar-refractivity contribution is 8.26. The average Bonchev–Trinajstić information content (AvgIpc) is 3.43. The minimum Gasteiger partial charge on any atom is -0.494 e. The standard InChI is InChI=1S/C30H35N3O2S2/c1-4-6-8-12-17-32-29(34)27(37-30(32)36)20-23-21-33(24-13-10-9-11-14-24)31-28(23)26-16-15-25(19-22(26)3)35-18-7-5-2/h9-11,13-16,19-21H,4-8,12,17-18H2,1-3H3/b27-20-. The molecule has 37 heavy (non-hydrogen) atoms. The van der Waals surface area contributed by atoms with Gasteiger partial charge in [0.15, 0.2) is 0 Å². The number of benzene rings is 2. The average molecular weight is 534 g/mol. The molecule has 1 aliphatic rings. The van der Waals surface area contributed by atoms with Gasteiger partial charge in [0, 0.05) is 23.9 Å². The Kier molecular flexibility index (Phi) is 9.58. The van der Waals surface area contributed by atoms with E-state index in [2.05, 4.69) is 32.9 Å². The number of unbranched alkanes of at least 4 members (excludes halogenated alkanes) is 4. The number of hydrogen-bond donors (Lipinski definition) is 0. The molecule has 0 N–H and O–H groups in total. The number of para-hydroxylation sites is 1. The van der Waals surface area contributed by atoms with Crippen molar-refractivity contribution in [2.45, 2.75) is 59.3 Å². The summed E-state index contributed by atoms with van der Waals surface area (Å²) in [6.45, 7) is 7.80. The zero-order chi connectivity index (χ0) is 26.2. The van der Waals surface area contributed by atoms with Crippen LogP contribution in [0.4, 0.5) is 0 Å². The van der Waals surface area contributed by atoms with Gasteiger partial charge in [-0.2, -0.15) is 5.10 Å². The fourth-order valence-electron chi connectivity index (χ4n) is 4.27. The van der Waals surface area contributed by atoms with E-state index < -0.39 is 0 Å². The van der Waals surface area contributed by atoms with Crippen LogP contribution in [-0.2, 0) is 4.79 Å². The molecule has 1 amide bonds. The number of ether oxygens (including phenoxy) is 1. The number of carbonyl (C=O) groups excluding carboxylic acids is 1. The van der Waals surface area contributed by atoms with Crippen LogP contribution >= 0.6 is 24.0 Å². The lowest BCUT2D eigenvalue weighted by Gasteiger charge is -2.13. The quantitative estimate of drug-likeness (QED) is 0.135. The summed E-state index contributed by atoms with van der Waals surface area (Å²) in [7, 11) is 0. The molecular weight excluding hydrogens is 498 g/mol. The molecule has 1 fully saturated rings. The van der Waals surface area contributed by atoms with E-state index >= 15 is 0 Å². The van der Waals surface area contributed by atoms with E-state index in [0.717, 1.165) is 65.9 Å². The Labute approximate surface area is 229 Å². The summed E-state index contributed by atoms with van der Waals surface area (Å²) in [5, 5.41) is 4.96. The van der Waals surface area contributed by atoms with E-state index in [4.69, 9.17) is 22.1 Å². The van der Waals surface area contributed by atoms with Crippen molar-refractivity contribution in [1.82, 2.24) is 14.7 Å². The predicted octanol–water partition coefficient (Wildman–Crippen LogP) is 7.81. The smallest absolute Gasteiger partial charge is 0.266 e. The molecule has 0 saturated carbocycles. The van der Waals surface area contributed by atoms with Crippen LogP contribution in [-0.4, -0.2) is 38.1 Å². The van der Waals surface area contributed by atoms with E-state index in [9.17, 15) is 4.79 Å². The van der Waals surface area contributed by atoms with Crippen LogP contribution in [0, 0.1) is 6.92 Å². The first-order valence-electron chi connectivity index (χ1n) is 13.2. The molecule has 194 valence electrons. The van der Waals surface area contributed by atoms with E-state index in [1.807, 2.05) is 53.4 Å². The minimum absolute atomic E-state index is 0.0127. The van der Waals surface area contributed by atoms with Gasteiger partial charge in [-0.25, -0.2) is 4.68 Å². The Hall–Kier alpha value is -2.90. The highest BCUT2D eigenvalue weighted by Gasteiger charge is 2.32. The zero-order valence-electron chi connectivity index (χ0n) is 21.9. The first kappa shape index (κ1) is 27.1. The molecule has 0 unspecified atom stereocenters. The second-order valence-corrected chi connectivity index (χ2v) is 11.0. The Morgan fingerprint density at radius 3 is 2.54 bits per heavy atom. The first-order valence-corrected chi connectivity index (χ1v) is 14.4. The van der Waals surface area contributed by atoms with Crippen LogP contribution in [0.5, 0.6) is 5.75 Å². The maximum atomic E-state index is 13.3. The molecule has 1 aliphatic heterocycles. The molecular formula is C30H35N3O2S2. The van der Waals surface area contributed by atoms with Crippen LogP contribution in [0.15, 0.2) is 59.6 Å². The minimum atomic E-state index is -0.0127. The van der Waals surface area contributed by atoms with E-state index in [1.165, 1.54) is 18.2 Å². The molecule has 0 atom stereocenters. The number of aromatic nitrogens is 2. The molecule has 3 aromatic rings. The normalized spacial score (nSPS) is 14.7. The molecule has 0 radical (unpaired) electrons. The fraction of sp³-hybridized carbons (Fsp3) is 0.367. The molecule has 0 bridgehead atoms. The summed E-state index contributed by atoms with van der Waals surface area (Å²) in [6.07, 6.45) is 10.5. The Morgan fingerprint density at radius 2 is 1.81 bits per heavy atom. The third-order valence-electron chi connectivity index (χ3n) is 6.38. The lowest BCUT2D eigenvalue weighted by molar-refractivity contribution is -0.122. The van der Waals surface area contributed by atoms with Gasteiger partial charge in [-0.1, -0.05) is 81.7 Å². The van der Waals surface area contributed by atoms with Crippen molar-refractivity contribution in [3.8, 4) is 22.7 Å². The number of aryl methyl sites for hydroxylation is 1. The molecule has 2 aromatic carbocycles. The predicted molar refractivity (Wildman–Crippen MR) is 158 cm³/mol. The van der Waals surface area contributed by atoms with Gasteiger partial charge in [0.05, 0.1) is 17.2 Å². The second-order valence-electron chi connectivity index (χ2n) is 9.29. The van der Waals surface area contributed by atoms with Gasteiger partial charge in [0.25, 0.3) is 5.91 Å². The van der Waals surface area contributed by atoms with Gasteiger partial charge < -0.3 is 4.74 Å². The second kappa shape index (κ2) is 13.1. The molecule has 5 nitrogen and oxygen atoms in total. The van der Waals surface area contributed by atoms with Gasteiger partial charge in [-0.15, -0.1) is 0 Å². The molecule has 4 rings (SSSR count). The Morgan fingerprint density at radius 1 is 1.03 bits per heavy atom. The Bertz CT molecular complexity index is 1270. The topological polar surface area (TPSA) is 47.4 Å². The summed E-state index contributed by atoms with van der Waals surface area (Å²) in [5.41, 5.74) is 4.76. The summed E-state index contributed by atoms with van der Waals surface area (Å²) < 4.78 is 8.42. The van der Waals surface area contributed by atoms with Crippen LogP contribution < -0.4 is 4.74 Å². The third-order valence-corrected chi connectivity index (χ3v) is 7.76. The molecule has 7 heteroatoms. The van der Waals surface area contributed by atoms with E-state index in [0.29, 0.717) is 22.4 Å². The largest absolute Gasteiger partial charge is 0.494 e. The lowest BCUT2D eigenvalue weighted by atomic mass is 10.0. The van der Waals surface area contributed by atoms with Crippen LogP contribution in [0.2, 0.25) is 0 Å². The van der Waals surface area contributed by atoms with Crippen molar-refractivity contribution < 1.29 is 9.53 Å². The van der Waals surface area contributed by atoms with Crippen molar-refractivity contribution in [3.05, 3.63) is 70.8 Å². The Balaban J connectivity index is 1.67. The number of thioether (sulfide) groups is 1. The highest BCUT2D eigenvalue weighted by Crippen LogP contribution is 2.36. The lowest BCUT2D eigenvalue weighted by Crippen LogP contribution is -2.29. The fourth-order valence-corrected chi connectivity index (χ4v) is 5.57. The molecule has 1 aromatic heterocycles. The number of amides is 1. The molecule has 0 aliphatic carbocycles. The third kappa shape index (κ3) is 6.70. The number of hydrogen-bond acceptors (Lipinski definition) is 5. The summed E-state index contributed by atoms with van der Waals surface area (Å²) in [6, 6.07) is 16.1. The van der Waals surface area contributed by atoms with Crippen molar-refractivity contribution in [3.63, 3.8) is 0 Å². The number of nitrogens with zero attached hydrogens (tertiary/aromatic N) is 3. The maximum Gasteiger partial charge on any atom is 0.266 e. The SMILES string of the molecule is CCCCCCN1C(=O)/C(=C/c2cn(-c3ccccc3)nc2-c2ccc(OCCCC)cc2C)SC1=S. The van der Waals surface area contributed by atoms with Gasteiger partial charge in [0.2, 0.25) is 0 Å². The van der Waals surface area contributed by atoms with Crippen molar-refractivity contribution in [2.75, 3.05) is 13.2 Å². The number of carbonyl (C=O) groups is 1. The number of thiocarbonyl (C=S) groups is 1. The van der Waals surface area contributed by atoms with Crippen LogP contribution in [0.25, 0.3) is 23.0 Å². The number of rotatable bonds is 12. The van der Waals surface area contributed by atoms with Gasteiger partial charge >= 0.3 is 0 Å². The van der Waals surface area contributed by atoms with E-state index in [-0.39, 0.29) is 5.91 Å². The molecule has 1 saturated heterocycles. The summed E-state index contributed by atoms with van der Waals surface area (Å²) in [4.78, 5) is 15.6. The van der Waals surface area contributed by atoms with Gasteiger partial charge in [0.1, 0.15) is 15.8 Å². The van der Waals surface area contributed by atoms with Crippen LogP contribution in [0.3, 0.4) is 0 Å². The zero-order valence-corrected chi connectivity index (χ0v) is 23.5. The van der Waals surface area contributed by atoms with Crippen molar-refractivity contribution in [1.29, 1.82) is 0 Å².